The van der Waals surface area contributed by atoms with Gasteiger partial charge in [-0.05, 0) is 88.5 Å². The van der Waals surface area contributed by atoms with Gasteiger partial charge in [-0.3, -0.25) is 43.2 Å². The highest BCUT2D eigenvalue weighted by Crippen LogP contribution is 2.27. The number of Topliss-reactive ketones (excluding diaryl/α,β-unsaturated/α-hetero) is 1. The molecule has 21 nitrogen and oxygen atoms in total. The van der Waals surface area contributed by atoms with Crippen molar-refractivity contribution < 1.29 is 67.6 Å². The molecule has 0 unspecified atom stereocenters. The first kappa shape index (κ1) is 62.6. The Morgan fingerprint density at radius 2 is 1.45 bits per heavy atom. The Kier molecular flexibility index (Phi) is 23.0. The van der Waals surface area contributed by atoms with Gasteiger partial charge in [0.05, 0.1) is 24.5 Å². The number of likely N-dealkylation sites (tertiary alicyclic amines) is 1. The number of likely N-dealkylation sites (N-methyl/N-ethyl adjacent to an activating group) is 2. The van der Waals surface area contributed by atoms with E-state index in [1.165, 1.54) is 54.5 Å². The van der Waals surface area contributed by atoms with E-state index in [1.54, 1.807) is 58.0 Å². The van der Waals surface area contributed by atoms with Crippen molar-refractivity contribution in [2.75, 3.05) is 27.2 Å². The molecule has 0 bridgehead atoms. The van der Waals surface area contributed by atoms with Crippen LogP contribution in [0, 0.1) is 29.6 Å². The lowest BCUT2D eigenvalue weighted by Gasteiger charge is -2.36. The zero-order valence-electron chi connectivity index (χ0n) is 46.8. The molecule has 3 aliphatic rings. The van der Waals surface area contributed by atoms with Crippen LogP contribution in [0.5, 0.6) is 0 Å². The van der Waals surface area contributed by atoms with E-state index in [0.717, 1.165) is 0 Å². The molecule has 424 valence electrons. The van der Waals surface area contributed by atoms with Crippen LogP contribution in [0.3, 0.4) is 0 Å². The van der Waals surface area contributed by atoms with Gasteiger partial charge in [0.1, 0.15) is 48.5 Å². The van der Waals surface area contributed by atoms with E-state index in [-0.39, 0.29) is 57.0 Å². The molecule has 0 aliphatic carbocycles. The predicted molar refractivity (Wildman–Crippen MR) is 279 cm³/mol. The highest BCUT2D eigenvalue weighted by Gasteiger charge is 2.46. The van der Waals surface area contributed by atoms with E-state index in [2.05, 4.69) is 16.0 Å². The lowest BCUT2D eigenvalue weighted by Crippen LogP contribution is -2.62. The molecule has 12 atom stereocenters. The zero-order chi connectivity index (χ0) is 57.0. The van der Waals surface area contributed by atoms with E-state index in [9.17, 15) is 58.2 Å². The number of cyclic esters (lactones) is 2. The lowest BCUT2D eigenvalue weighted by molar-refractivity contribution is -0.163. The first-order valence-electron chi connectivity index (χ1n) is 27.0. The molecule has 1 aromatic carbocycles. The second kappa shape index (κ2) is 27.9. The number of esters is 2. The van der Waals surface area contributed by atoms with Gasteiger partial charge in [-0.15, -0.1) is 0 Å². The number of amides is 7. The molecule has 3 saturated heterocycles. The number of aliphatic hydroxyl groups is 2. The van der Waals surface area contributed by atoms with Crippen LogP contribution in [0.2, 0.25) is 0 Å². The molecule has 0 spiro atoms. The summed E-state index contributed by atoms with van der Waals surface area (Å²) in [6.07, 6.45) is -5.19. The zero-order valence-corrected chi connectivity index (χ0v) is 46.8. The van der Waals surface area contributed by atoms with Crippen molar-refractivity contribution in [1.82, 2.24) is 35.6 Å². The molecule has 0 radical (unpaired) electrons. The van der Waals surface area contributed by atoms with Crippen molar-refractivity contribution in [1.29, 1.82) is 0 Å². The smallest absolute Gasteiger partial charge is 0.329 e. The minimum atomic E-state index is -1.75. The van der Waals surface area contributed by atoms with Crippen LogP contribution in [0.1, 0.15) is 127 Å². The fourth-order valence-electron chi connectivity index (χ4n) is 10.2. The van der Waals surface area contributed by atoms with E-state index in [1.807, 2.05) is 27.7 Å². The maximum atomic E-state index is 14.8. The first-order valence-corrected chi connectivity index (χ1v) is 27.0. The van der Waals surface area contributed by atoms with Crippen molar-refractivity contribution >= 4 is 59.1 Å². The Hall–Kier alpha value is -5.96. The number of carbonyl (C=O) groups is 10. The van der Waals surface area contributed by atoms with Crippen LogP contribution in [-0.4, -0.2) is 183 Å². The van der Waals surface area contributed by atoms with Crippen molar-refractivity contribution in [3.63, 3.8) is 0 Å². The quantitative estimate of drug-likeness (QED) is 0.140. The molecule has 1 aromatic rings. The van der Waals surface area contributed by atoms with Gasteiger partial charge < -0.3 is 55.2 Å². The summed E-state index contributed by atoms with van der Waals surface area (Å²) in [5, 5.41) is 30.0. The van der Waals surface area contributed by atoms with Gasteiger partial charge in [-0.1, -0.05) is 85.7 Å². The van der Waals surface area contributed by atoms with E-state index >= 15 is 0 Å². The molecule has 0 saturated carbocycles. The maximum absolute atomic E-state index is 14.8. The second-order valence-electron chi connectivity index (χ2n) is 22.5. The molecule has 21 heteroatoms. The number of nitrogens with zero attached hydrogens (tertiary/aromatic N) is 4. The molecule has 7 amide bonds. The Morgan fingerprint density at radius 3 is 2.03 bits per heavy atom. The summed E-state index contributed by atoms with van der Waals surface area (Å²) in [5.41, 5.74) is 0.631. The topological polar surface area (TPSA) is 279 Å². The Morgan fingerprint density at radius 1 is 0.816 bits per heavy atom. The number of hydrogen-bond acceptors (Lipinski definition) is 14. The summed E-state index contributed by atoms with van der Waals surface area (Å²) >= 11 is 0. The standard InChI is InChI=1S/C55H85N7O14/c1-29(2)25-37-52(71)62-24-18-22-39(62)54(73)60(13)41(27-36-19-15-14-16-20-36)55(74)75-35(11)45(58-49(68)40(26-30(3)4)59(12)53(72)38-21-17-23-61(38)51(70)34(10)63)50(69)57-44(31(5)6)42(64)28-43(65)76-47(32(7)8)46(66)33(9)48(67)56-37/h14-16,19-20,29-35,37-42,44-45,47,63-64H,17-18,21-28H2,1-13H3,(H,56,67)(H,57,69)(H,58,68)/t33-,34-,35+,37-,38-,39-,40+,41-,42-,44+,45-,47+/m0/s1. The van der Waals surface area contributed by atoms with Crippen LogP contribution in [0.25, 0.3) is 0 Å². The number of ether oxygens (including phenoxy) is 2. The summed E-state index contributed by atoms with van der Waals surface area (Å²) < 4.78 is 11.8. The number of rotatable bonds is 13. The van der Waals surface area contributed by atoms with E-state index in [4.69, 9.17) is 9.47 Å². The number of fused-ring (bicyclic) bond motifs is 1. The number of aliphatic hydroxyl groups excluding tert-OH is 2. The molecular weight excluding hydrogens is 983 g/mol. The fourth-order valence-corrected chi connectivity index (χ4v) is 10.2. The van der Waals surface area contributed by atoms with Gasteiger partial charge in [0.2, 0.25) is 35.4 Å². The minimum Gasteiger partial charge on any atom is -0.458 e. The predicted octanol–water partition coefficient (Wildman–Crippen LogP) is 1.92. The van der Waals surface area contributed by atoms with E-state index in [0.29, 0.717) is 18.4 Å². The molecular formula is C55H85N7O14. The third kappa shape index (κ3) is 16.0. The average molecular weight is 1070 g/mol. The number of carbonyl (C=O) groups excluding carboxylic acids is 10. The lowest BCUT2D eigenvalue weighted by atomic mass is 9.92. The molecule has 0 aromatic heterocycles. The normalized spacial score (nSPS) is 28.0. The number of benzene rings is 1. The maximum Gasteiger partial charge on any atom is 0.329 e. The monoisotopic (exact) mass is 1070 g/mol. The van der Waals surface area contributed by atoms with Crippen LogP contribution >= 0.6 is 0 Å². The van der Waals surface area contributed by atoms with Crippen molar-refractivity contribution in [2.45, 2.75) is 194 Å². The summed E-state index contributed by atoms with van der Waals surface area (Å²) in [5.74, 6) is -10.7. The summed E-state index contributed by atoms with van der Waals surface area (Å²) in [7, 11) is 2.81. The molecule has 4 rings (SSSR count). The number of ketones is 1. The Balaban J connectivity index is 1.85. The highest BCUT2D eigenvalue weighted by molar-refractivity contribution is 6.05. The molecule has 76 heavy (non-hydrogen) atoms. The van der Waals surface area contributed by atoms with Crippen LogP contribution in [0.15, 0.2) is 30.3 Å². The summed E-state index contributed by atoms with van der Waals surface area (Å²) in [6, 6.07) is -0.0192. The van der Waals surface area contributed by atoms with E-state index < -0.39 is 150 Å². The van der Waals surface area contributed by atoms with Gasteiger partial charge in [0.15, 0.2) is 11.9 Å². The first-order chi connectivity index (χ1) is 35.6. The Bertz CT molecular complexity index is 2240. The van der Waals surface area contributed by atoms with Crippen LogP contribution in [-0.2, 0) is 63.8 Å². The largest absolute Gasteiger partial charge is 0.458 e. The van der Waals surface area contributed by atoms with Gasteiger partial charge >= 0.3 is 11.9 Å². The van der Waals surface area contributed by atoms with Crippen molar-refractivity contribution in [3.05, 3.63) is 35.9 Å². The van der Waals surface area contributed by atoms with Crippen molar-refractivity contribution in [2.24, 2.45) is 29.6 Å². The minimum absolute atomic E-state index is 0.0787. The van der Waals surface area contributed by atoms with Gasteiger partial charge in [0.25, 0.3) is 5.91 Å². The third-order valence-electron chi connectivity index (χ3n) is 14.6. The van der Waals surface area contributed by atoms with Crippen LogP contribution in [0.4, 0.5) is 0 Å². The third-order valence-corrected chi connectivity index (χ3v) is 14.6. The molecule has 3 heterocycles. The second-order valence-corrected chi connectivity index (χ2v) is 22.5. The SMILES string of the molecule is CC(C)C[C@@H]1NC(=O)[C@@H](C)C(=O)[C@@H](C(C)C)OC(=O)C[C@H](O)[C@@H](C(C)C)NC(=O)[C@@H](NC(=O)[C@@H](CC(C)C)N(C)C(=O)[C@@H]2CCCN2C(=O)[C@H](C)O)[C@@H](C)OC(=O)[C@H](Cc2ccccc2)N(C)C(=O)[C@@H]2CCCN2C1=O. The summed E-state index contributed by atoms with van der Waals surface area (Å²) in [6.45, 7) is 18.3. The number of nitrogens with one attached hydrogen (secondary N) is 3. The highest BCUT2D eigenvalue weighted by atomic mass is 16.6. The van der Waals surface area contributed by atoms with Gasteiger partial charge in [-0.25, -0.2) is 4.79 Å². The summed E-state index contributed by atoms with van der Waals surface area (Å²) in [4.78, 5) is 148. The van der Waals surface area contributed by atoms with Gasteiger partial charge in [-0.2, -0.15) is 0 Å². The van der Waals surface area contributed by atoms with Crippen LogP contribution < -0.4 is 16.0 Å². The Labute approximate surface area is 447 Å². The average Bonchev–Trinajstić information content (AvgIpc) is 4.06. The number of hydrogen-bond donors (Lipinski definition) is 5. The molecule has 5 N–H and O–H groups in total. The van der Waals surface area contributed by atoms with Crippen molar-refractivity contribution in [3.8, 4) is 0 Å². The van der Waals surface area contributed by atoms with Gasteiger partial charge in [0, 0.05) is 33.6 Å². The fraction of sp³-hybridized carbons (Fsp3) is 0.709. The molecule has 3 fully saturated rings. The molecule has 3 aliphatic heterocycles.